The molecule has 3 heterocycles. The van der Waals surface area contributed by atoms with Crippen LogP contribution in [0.1, 0.15) is 25.7 Å². The van der Waals surface area contributed by atoms with Gasteiger partial charge in [0.1, 0.15) is 0 Å². The van der Waals surface area contributed by atoms with Gasteiger partial charge in [-0.1, -0.05) is 0 Å². The number of rotatable bonds is 3. The Morgan fingerprint density at radius 3 is 2.64 bits per heavy atom. The minimum Gasteiger partial charge on any atom is -0.370 e. The largest absolute Gasteiger partial charge is 0.370 e. The van der Waals surface area contributed by atoms with Crippen LogP contribution in [0.2, 0.25) is 0 Å². The van der Waals surface area contributed by atoms with Gasteiger partial charge in [0.25, 0.3) is 0 Å². The number of anilines is 1. The van der Waals surface area contributed by atoms with E-state index in [9.17, 15) is 10.1 Å². The van der Waals surface area contributed by atoms with E-state index in [2.05, 4.69) is 20.5 Å². The minimum absolute atomic E-state index is 0.0706. The second-order valence-electron chi connectivity index (χ2n) is 6.20. The van der Waals surface area contributed by atoms with Crippen molar-refractivity contribution >= 4 is 22.4 Å². The normalized spacial score (nSPS) is 27.2. The van der Waals surface area contributed by atoms with Crippen LogP contribution in [0.25, 0.3) is 11.0 Å². The van der Waals surface area contributed by atoms with Gasteiger partial charge in [-0.25, -0.2) is 4.63 Å². The second kappa shape index (κ2) is 4.91. The van der Waals surface area contributed by atoms with E-state index < -0.39 is 4.92 Å². The van der Waals surface area contributed by atoms with Crippen molar-refractivity contribution in [2.75, 3.05) is 11.9 Å². The molecular weight excluding hydrogens is 286 g/mol. The monoisotopic (exact) mass is 303 g/mol. The molecule has 2 atom stereocenters. The van der Waals surface area contributed by atoms with Crippen LogP contribution in [0.3, 0.4) is 0 Å². The van der Waals surface area contributed by atoms with Gasteiger partial charge < -0.3 is 10.2 Å². The molecule has 0 amide bonds. The Morgan fingerprint density at radius 2 is 1.95 bits per heavy atom. The first-order valence-corrected chi connectivity index (χ1v) is 7.52. The molecule has 1 aromatic heterocycles. The molecule has 0 radical (unpaired) electrons. The van der Waals surface area contributed by atoms with Crippen LogP contribution < -0.4 is 10.2 Å². The second-order valence-corrected chi connectivity index (χ2v) is 6.20. The van der Waals surface area contributed by atoms with Gasteiger partial charge >= 0.3 is 5.69 Å². The molecule has 0 aliphatic carbocycles. The first-order valence-electron chi connectivity index (χ1n) is 7.52. The zero-order chi connectivity index (χ0) is 15.3. The van der Waals surface area contributed by atoms with Crippen molar-refractivity contribution in [3.63, 3.8) is 0 Å². The SMILES string of the molecule is CN(c1ccc([N+](=O)[O-])c2nonc12)C1CC2CCC(C1)N2. The summed E-state index contributed by atoms with van der Waals surface area (Å²) in [5, 5.41) is 22.3. The molecule has 2 aliphatic rings. The number of nitrogens with one attached hydrogen (secondary N) is 1. The average molecular weight is 303 g/mol. The van der Waals surface area contributed by atoms with Crippen molar-refractivity contribution in [2.45, 2.75) is 43.8 Å². The smallest absolute Gasteiger partial charge is 0.300 e. The lowest BCUT2D eigenvalue weighted by atomic mass is 9.98. The number of hydrogen-bond donors (Lipinski definition) is 1. The molecule has 2 unspecified atom stereocenters. The van der Waals surface area contributed by atoms with Crippen molar-refractivity contribution in [2.24, 2.45) is 0 Å². The number of nitrogens with zero attached hydrogens (tertiary/aromatic N) is 4. The number of nitro benzene ring substituents is 1. The quantitative estimate of drug-likeness (QED) is 0.682. The predicted molar refractivity (Wildman–Crippen MR) is 79.8 cm³/mol. The van der Waals surface area contributed by atoms with Crippen LogP contribution in [0.5, 0.6) is 0 Å². The van der Waals surface area contributed by atoms with E-state index in [4.69, 9.17) is 4.63 Å². The third-order valence-electron chi connectivity index (χ3n) is 4.95. The fourth-order valence-corrected chi connectivity index (χ4v) is 3.81. The van der Waals surface area contributed by atoms with E-state index in [1.54, 1.807) is 6.07 Å². The zero-order valence-electron chi connectivity index (χ0n) is 12.2. The van der Waals surface area contributed by atoms with Crippen LogP contribution in [-0.4, -0.2) is 40.4 Å². The Hall–Kier alpha value is -2.22. The minimum atomic E-state index is -0.457. The first-order chi connectivity index (χ1) is 10.6. The molecule has 0 saturated carbocycles. The number of fused-ring (bicyclic) bond motifs is 3. The molecule has 0 spiro atoms. The van der Waals surface area contributed by atoms with Crippen molar-refractivity contribution < 1.29 is 9.55 Å². The van der Waals surface area contributed by atoms with Gasteiger partial charge in [0, 0.05) is 31.2 Å². The van der Waals surface area contributed by atoms with Gasteiger partial charge in [-0.15, -0.1) is 0 Å². The summed E-state index contributed by atoms with van der Waals surface area (Å²) >= 11 is 0. The molecule has 2 bridgehead atoms. The van der Waals surface area contributed by atoms with Gasteiger partial charge in [-0.2, -0.15) is 0 Å². The van der Waals surface area contributed by atoms with Crippen LogP contribution in [0, 0.1) is 10.1 Å². The molecule has 8 heteroatoms. The predicted octanol–water partition coefficient (Wildman–Crippen LogP) is 1.85. The van der Waals surface area contributed by atoms with Crippen LogP contribution in [-0.2, 0) is 0 Å². The summed E-state index contributed by atoms with van der Waals surface area (Å²) in [6, 6.07) is 4.79. The van der Waals surface area contributed by atoms with Crippen LogP contribution in [0.4, 0.5) is 11.4 Å². The fraction of sp³-hybridized carbons (Fsp3) is 0.571. The summed E-state index contributed by atoms with van der Waals surface area (Å²) in [4.78, 5) is 12.8. The molecule has 116 valence electrons. The van der Waals surface area contributed by atoms with Crippen LogP contribution in [0.15, 0.2) is 16.8 Å². The van der Waals surface area contributed by atoms with E-state index in [1.165, 1.54) is 18.9 Å². The van der Waals surface area contributed by atoms with Crippen LogP contribution >= 0.6 is 0 Å². The summed E-state index contributed by atoms with van der Waals surface area (Å²) in [7, 11) is 2.02. The number of hydrogen-bond acceptors (Lipinski definition) is 7. The maximum Gasteiger partial charge on any atom is 0.300 e. The summed E-state index contributed by atoms with van der Waals surface area (Å²) < 4.78 is 4.75. The van der Waals surface area contributed by atoms with E-state index in [1.807, 2.05) is 7.05 Å². The molecule has 2 saturated heterocycles. The molecule has 8 nitrogen and oxygen atoms in total. The molecule has 22 heavy (non-hydrogen) atoms. The number of nitro groups is 1. The Labute approximate surface area is 126 Å². The van der Waals surface area contributed by atoms with Crippen molar-refractivity contribution in [1.29, 1.82) is 0 Å². The molecule has 2 aliphatic heterocycles. The Morgan fingerprint density at radius 1 is 1.27 bits per heavy atom. The summed E-state index contributed by atoms with van der Waals surface area (Å²) in [5.74, 6) is 0. The topological polar surface area (TPSA) is 97.3 Å². The molecule has 1 aromatic carbocycles. The van der Waals surface area contributed by atoms with Gasteiger partial charge in [-0.3, -0.25) is 10.1 Å². The molecule has 4 rings (SSSR count). The standard InChI is InChI=1S/C14H17N5O3/c1-18(10-6-8-2-3-9(7-10)15-8)11-4-5-12(19(20)21)14-13(11)16-22-17-14/h4-5,8-10,15H,2-3,6-7H2,1H3. The highest BCUT2D eigenvalue weighted by Crippen LogP contribution is 2.35. The van der Waals surface area contributed by atoms with E-state index >= 15 is 0 Å². The van der Waals surface area contributed by atoms with Crippen molar-refractivity contribution in [3.05, 3.63) is 22.2 Å². The van der Waals surface area contributed by atoms with Crippen molar-refractivity contribution in [1.82, 2.24) is 15.6 Å². The third kappa shape index (κ3) is 2.02. The van der Waals surface area contributed by atoms with E-state index in [0.717, 1.165) is 18.5 Å². The highest BCUT2D eigenvalue weighted by molar-refractivity contribution is 5.93. The number of piperidine rings is 1. The van der Waals surface area contributed by atoms with Gasteiger partial charge in [0.2, 0.25) is 5.52 Å². The highest BCUT2D eigenvalue weighted by Gasteiger charge is 2.36. The Balaban J connectivity index is 1.70. The summed E-state index contributed by atoms with van der Waals surface area (Å²) in [6.45, 7) is 0. The average Bonchev–Trinajstić information content (AvgIpc) is 3.11. The Bertz CT molecular complexity index is 718. The number of benzene rings is 1. The maximum absolute atomic E-state index is 11.1. The molecule has 2 aromatic rings. The number of aromatic nitrogens is 2. The molecule has 1 N–H and O–H groups in total. The lowest BCUT2D eigenvalue weighted by molar-refractivity contribution is -0.383. The lowest BCUT2D eigenvalue weighted by Gasteiger charge is -2.36. The van der Waals surface area contributed by atoms with Gasteiger partial charge in [0.05, 0.1) is 10.6 Å². The van der Waals surface area contributed by atoms with Gasteiger partial charge in [0.15, 0.2) is 5.52 Å². The lowest BCUT2D eigenvalue weighted by Crippen LogP contribution is -2.47. The first kappa shape index (κ1) is 13.4. The van der Waals surface area contributed by atoms with E-state index in [-0.39, 0.29) is 11.2 Å². The highest BCUT2D eigenvalue weighted by atomic mass is 16.6. The fourth-order valence-electron chi connectivity index (χ4n) is 3.81. The zero-order valence-corrected chi connectivity index (χ0v) is 12.2. The summed E-state index contributed by atoms with van der Waals surface area (Å²) in [5.41, 5.74) is 1.45. The summed E-state index contributed by atoms with van der Waals surface area (Å²) in [6.07, 6.45) is 4.62. The maximum atomic E-state index is 11.1. The molecule has 2 fully saturated rings. The number of non-ortho nitro benzene ring substituents is 1. The molecular formula is C14H17N5O3. The van der Waals surface area contributed by atoms with Gasteiger partial charge in [-0.05, 0) is 42.1 Å². The third-order valence-corrected chi connectivity index (χ3v) is 4.95. The van der Waals surface area contributed by atoms with Crippen molar-refractivity contribution in [3.8, 4) is 0 Å². The van der Waals surface area contributed by atoms with E-state index in [0.29, 0.717) is 23.6 Å². The Kier molecular flexibility index (Phi) is 3.00.